The Labute approximate surface area is 163 Å². The zero-order valence-corrected chi connectivity index (χ0v) is 17.2. The average Bonchev–Trinajstić information content (AvgIpc) is 2.60. The summed E-state index contributed by atoms with van der Waals surface area (Å²) in [5.74, 6) is 0.0444. The molecule has 0 heterocycles. The third-order valence-electron chi connectivity index (χ3n) is 5.46. The van der Waals surface area contributed by atoms with Gasteiger partial charge in [-0.05, 0) is 64.4 Å². The lowest BCUT2D eigenvalue weighted by molar-refractivity contribution is -0.131. The molecule has 1 aromatic carbocycles. The number of aliphatic hydroxyl groups is 1. The highest BCUT2D eigenvalue weighted by molar-refractivity contribution is 5.79. The van der Waals surface area contributed by atoms with Crippen molar-refractivity contribution >= 4 is 5.91 Å². The highest BCUT2D eigenvalue weighted by atomic mass is 16.5. The summed E-state index contributed by atoms with van der Waals surface area (Å²) in [6, 6.07) is 9.62. The molecular formula is C22H36N2O3. The summed E-state index contributed by atoms with van der Waals surface area (Å²) in [4.78, 5) is 12.8. The summed E-state index contributed by atoms with van der Waals surface area (Å²) < 4.78 is 5.54. The van der Waals surface area contributed by atoms with Gasteiger partial charge in [0.2, 0.25) is 5.91 Å². The Hall–Kier alpha value is -1.43. The van der Waals surface area contributed by atoms with Crippen molar-refractivity contribution in [1.29, 1.82) is 0 Å². The molecule has 0 radical (unpaired) electrons. The Bertz CT molecular complexity index is 585. The summed E-state index contributed by atoms with van der Waals surface area (Å²) in [5.41, 5.74) is 7.13. The Kier molecular flexibility index (Phi) is 7.83. The number of hydrogen-bond donors (Lipinski definition) is 3. The summed E-state index contributed by atoms with van der Waals surface area (Å²) >= 11 is 0. The summed E-state index contributed by atoms with van der Waals surface area (Å²) in [7, 11) is 1.72. The number of amides is 1. The minimum Gasteiger partial charge on any atom is -0.391 e. The van der Waals surface area contributed by atoms with Gasteiger partial charge in [-0.3, -0.25) is 4.79 Å². The van der Waals surface area contributed by atoms with Gasteiger partial charge in [0.25, 0.3) is 0 Å². The monoisotopic (exact) mass is 376 g/mol. The lowest BCUT2D eigenvalue weighted by atomic mass is 9.73. The van der Waals surface area contributed by atoms with Crippen molar-refractivity contribution in [1.82, 2.24) is 5.32 Å². The molecule has 5 nitrogen and oxygen atoms in total. The van der Waals surface area contributed by atoms with Gasteiger partial charge in [-0.15, -0.1) is 0 Å². The second kappa shape index (κ2) is 9.67. The zero-order chi connectivity index (χ0) is 20.0. The molecule has 1 aliphatic rings. The van der Waals surface area contributed by atoms with Crippen LogP contribution in [0.1, 0.15) is 52.0 Å². The lowest BCUT2D eigenvalue weighted by Gasteiger charge is -2.38. The lowest BCUT2D eigenvalue weighted by Crippen LogP contribution is -2.48. The quantitative estimate of drug-likeness (QED) is 0.683. The van der Waals surface area contributed by atoms with Gasteiger partial charge in [0.05, 0.1) is 12.2 Å². The van der Waals surface area contributed by atoms with E-state index in [1.165, 1.54) is 0 Å². The predicted octanol–water partition coefficient (Wildman–Crippen LogP) is 2.65. The zero-order valence-electron chi connectivity index (χ0n) is 17.2. The first-order valence-corrected chi connectivity index (χ1v) is 10.0. The number of nitrogens with two attached hydrogens (primary N) is 1. The molecule has 2 rings (SSSR count). The van der Waals surface area contributed by atoms with Crippen LogP contribution in [0.25, 0.3) is 0 Å². The highest BCUT2D eigenvalue weighted by Gasteiger charge is 2.37. The van der Waals surface area contributed by atoms with Crippen molar-refractivity contribution in [3.8, 4) is 0 Å². The number of nitrogens with one attached hydrogen (secondary N) is 1. The van der Waals surface area contributed by atoms with E-state index in [0.29, 0.717) is 12.8 Å². The molecule has 1 aliphatic carbocycles. The van der Waals surface area contributed by atoms with Gasteiger partial charge in [0, 0.05) is 24.6 Å². The third kappa shape index (κ3) is 6.91. The van der Waals surface area contributed by atoms with Crippen LogP contribution in [0.2, 0.25) is 0 Å². The van der Waals surface area contributed by atoms with Gasteiger partial charge < -0.3 is 20.9 Å². The van der Waals surface area contributed by atoms with Crippen molar-refractivity contribution in [3.05, 3.63) is 35.9 Å². The smallest absolute Gasteiger partial charge is 0.223 e. The van der Waals surface area contributed by atoms with Crippen molar-refractivity contribution in [2.45, 2.75) is 76.7 Å². The first-order chi connectivity index (χ1) is 12.7. The van der Waals surface area contributed by atoms with Crippen LogP contribution >= 0.6 is 0 Å². The summed E-state index contributed by atoms with van der Waals surface area (Å²) in [5, 5.41) is 13.8. The van der Waals surface area contributed by atoms with Crippen molar-refractivity contribution < 1.29 is 14.6 Å². The molecule has 1 aromatic rings. The number of hydrogen-bond acceptors (Lipinski definition) is 4. The van der Waals surface area contributed by atoms with Crippen LogP contribution in [-0.2, 0) is 16.0 Å². The van der Waals surface area contributed by atoms with E-state index >= 15 is 0 Å². The molecule has 0 saturated heterocycles. The molecule has 5 heteroatoms. The fourth-order valence-corrected chi connectivity index (χ4v) is 4.01. The molecule has 5 atom stereocenters. The van der Waals surface area contributed by atoms with E-state index < -0.39 is 6.10 Å². The molecule has 1 saturated carbocycles. The van der Waals surface area contributed by atoms with Crippen LogP contribution in [0, 0.1) is 11.8 Å². The number of carbonyl (C=O) groups is 1. The number of benzene rings is 1. The molecule has 0 bridgehead atoms. The second-order valence-corrected chi connectivity index (χ2v) is 8.93. The van der Waals surface area contributed by atoms with Gasteiger partial charge in [-0.2, -0.15) is 0 Å². The average molecular weight is 377 g/mol. The van der Waals surface area contributed by atoms with E-state index in [-0.39, 0.29) is 35.4 Å². The fraction of sp³-hybridized carbons (Fsp3) is 0.682. The number of rotatable bonds is 7. The van der Waals surface area contributed by atoms with Crippen molar-refractivity contribution in [2.75, 3.05) is 7.11 Å². The normalized spacial score (nSPS) is 25.6. The minimum absolute atomic E-state index is 0.0721. The second-order valence-electron chi connectivity index (χ2n) is 8.93. The van der Waals surface area contributed by atoms with E-state index in [0.717, 1.165) is 24.8 Å². The van der Waals surface area contributed by atoms with Crippen molar-refractivity contribution in [2.24, 2.45) is 17.6 Å². The minimum atomic E-state index is -0.643. The molecule has 0 spiro atoms. The first-order valence-electron chi connectivity index (χ1n) is 10.0. The SMILES string of the molecule is COC1CCC(C(=O)NC(C)(C)C)C(CC(O)C(N)Cc2ccccc2)C1. The maximum atomic E-state index is 12.8. The van der Waals surface area contributed by atoms with Crippen molar-refractivity contribution in [3.63, 3.8) is 0 Å². The van der Waals surface area contributed by atoms with E-state index in [1.807, 2.05) is 51.1 Å². The van der Waals surface area contributed by atoms with Crippen LogP contribution in [0.15, 0.2) is 30.3 Å². The van der Waals surface area contributed by atoms with Crippen LogP contribution in [0.5, 0.6) is 0 Å². The first kappa shape index (κ1) is 21.9. The number of methoxy groups -OCH3 is 1. The topological polar surface area (TPSA) is 84.6 Å². The Morgan fingerprint density at radius 3 is 2.56 bits per heavy atom. The summed E-state index contributed by atoms with van der Waals surface area (Å²) in [6.07, 6.45) is 3.10. The molecule has 5 unspecified atom stereocenters. The molecular weight excluding hydrogens is 340 g/mol. The fourth-order valence-electron chi connectivity index (χ4n) is 4.01. The van der Waals surface area contributed by atoms with Crippen LogP contribution < -0.4 is 11.1 Å². The van der Waals surface area contributed by atoms with Crippen LogP contribution in [0.4, 0.5) is 0 Å². The van der Waals surface area contributed by atoms with Gasteiger partial charge in [-0.1, -0.05) is 30.3 Å². The van der Waals surface area contributed by atoms with Gasteiger partial charge in [0.15, 0.2) is 0 Å². The third-order valence-corrected chi connectivity index (χ3v) is 5.46. The van der Waals surface area contributed by atoms with Gasteiger partial charge >= 0.3 is 0 Å². The number of carbonyl (C=O) groups excluding carboxylic acids is 1. The highest BCUT2D eigenvalue weighted by Crippen LogP contribution is 2.35. The van der Waals surface area contributed by atoms with Gasteiger partial charge in [0.1, 0.15) is 0 Å². The molecule has 152 valence electrons. The van der Waals surface area contributed by atoms with Gasteiger partial charge in [-0.25, -0.2) is 0 Å². The number of aliphatic hydroxyl groups excluding tert-OH is 1. The summed E-state index contributed by atoms with van der Waals surface area (Å²) in [6.45, 7) is 5.97. The molecule has 4 N–H and O–H groups in total. The largest absolute Gasteiger partial charge is 0.391 e. The Morgan fingerprint density at radius 1 is 1.30 bits per heavy atom. The Balaban J connectivity index is 2.02. The number of ether oxygens (including phenoxy) is 1. The molecule has 1 fully saturated rings. The van der Waals surface area contributed by atoms with E-state index in [9.17, 15) is 9.90 Å². The maximum absolute atomic E-state index is 12.8. The molecule has 27 heavy (non-hydrogen) atoms. The van der Waals surface area contributed by atoms with Crippen LogP contribution in [0.3, 0.4) is 0 Å². The predicted molar refractivity (Wildman–Crippen MR) is 108 cm³/mol. The van der Waals surface area contributed by atoms with E-state index in [4.69, 9.17) is 10.5 Å². The Morgan fingerprint density at radius 2 is 1.96 bits per heavy atom. The molecule has 0 aromatic heterocycles. The molecule has 1 amide bonds. The maximum Gasteiger partial charge on any atom is 0.223 e. The van der Waals surface area contributed by atoms with E-state index in [1.54, 1.807) is 7.11 Å². The van der Waals surface area contributed by atoms with Crippen LogP contribution in [-0.4, -0.2) is 41.9 Å². The standard InChI is InChI=1S/C22H36N2O3/c1-22(2,3)24-21(26)18-11-10-17(27-4)13-16(18)14-20(25)19(23)12-15-8-6-5-7-9-15/h5-9,16-20,25H,10-14,23H2,1-4H3,(H,24,26). The molecule has 0 aliphatic heterocycles. The van der Waals surface area contributed by atoms with E-state index in [2.05, 4.69) is 5.32 Å².